The Kier molecular flexibility index (Phi) is 5.20. The third-order valence-corrected chi connectivity index (χ3v) is 3.66. The zero-order chi connectivity index (χ0) is 17.9. The molecule has 0 spiro atoms. The molecular formula is C16H14BrN3O4. The molecule has 0 radical (unpaired) electrons. The molecule has 2 aromatic rings. The van der Waals surface area contributed by atoms with E-state index in [-0.39, 0.29) is 16.9 Å². The highest BCUT2D eigenvalue weighted by Crippen LogP contribution is 2.23. The Morgan fingerprint density at radius 3 is 2.58 bits per heavy atom. The molecule has 0 saturated carbocycles. The van der Waals surface area contributed by atoms with Gasteiger partial charge in [-0.2, -0.15) is 0 Å². The summed E-state index contributed by atoms with van der Waals surface area (Å²) in [4.78, 5) is 35.3. The van der Waals surface area contributed by atoms with Crippen molar-refractivity contribution in [3.05, 3.63) is 63.5 Å². The Morgan fingerprint density at radius 2 is 1.96 bits per heavy atom. The topological polar surface area (TPSA) is 100 Å². The molecule has 2 amide bonds. The SMILES string of the molecule is C=CC(=O)Nc1ccc(O)c(C(=O)Nc2cc(Br)c(=O)n(C)c2)c1. The van der Waals surface area contributed by atoms with Crippen molar-refractivity contribution in [3.63, 3.8) is 0 Å². The normalized spacial score (nSPS) is 10.1. The Morgan fingerprint density at radius 1 is 1.25 bits per heavy atom. The van der Waals surface area contributed by atoms with Gasteiger partial charge in [0, 0.05) is 18.9 Å². The lowest BCUT2D eigenvalue weighted by atomic mass is 10.1. The molecule has 2 rings (SSSR count). The molecule has 3 N–H and O–H groups in total. The van der Waals surface area contributed by atoms with Crippen LogP contribution in [0.2, 0.25) is 0 Å². The van der Waals surface area contributed by atoms with Gasteiger partial charge in [-0.1, -0.05) is 6.58 Å². The van der Waals surface area contributed by atoms with Gasteiger partial charge in [0.05, 0.1) is 15.7 Å². The summed E-state index contributed by atoms with van der Waals surface area (Å²) in [5.74, 6) is -1.27. The summed E-state index contributed by atoms with van der Waals surface area (Å²) in [7, 11) is 1.55. The Bertz CT molecular complexity index is 863. The fourth-order valence-corrected chi connectivity index (χ4v) is 2.45. The summed E-state index contributed by atoms with van der Waals surface area (Å²) >= 11 is 3.11. The highest BCUT2D eigenvalue weighted by Gasteiger charge is 2.14. The number of nitrogens with zero attached hydrogens (tertiary/aromatic N) is 1. The maximum atomic E-state index is 12.3. The average Bonchev–Trinajstić information content (AvgIpc) is 2.54. The smallest absolute Gasteiger partial charge is 0.264 e. The van der Waals surface area contributed by atoms with E-state index in [2.05, 4.69) is 33.1 Å². The number of benzene rings is 1. The fraction of sp³-hybridized carbons (Fsp3) is 0.0625. The summed E-state index contributed by atoms with van der Waals surface area (Å²) in [6.45, 7) is 3.34. The van der Waals surface area contributed by atoms with Crippen LogP contribution in [0.4, 0.5) is 11.4 Å². The average molecular weight is 392 g/mol. The van der Waals surface area contributed by atoms with Gasteiger partial charge in [0.15, 0.2) is 0 Å². The molecule has 0 saturated heterocycles. The molecule has 1 aromatic heterocycles. The quantitative estimate of drug-likeness (QED) is 0.549. The van der Waals surface area contributed by atoms with E-state index in [4.69, 9.17) is 0 Å². The molecule has 8 heteroatoms. The maximum absolute atomic E-state index is 12.3. The van der Waals surface area contributed by atoms with Gasteiger partial charge in [-0.3, -0.25) is 14.4 Å². The second-order valence-electron chi connectivity index (χ2n) is 4.87. The van der Waals surface area contributed by atoms with E-state index >= 15 is 0 Å². The van der Waals surface area contributed by atoms with Gasteiger partial charge in [0.25, 0.3) is 11.5 Å². The number of phenolic OH excluding ortho intramolecular Hbond substituents is 1. The number of carbonyl (C=O) groups is 2. The number of amides is 2. The van der Waals surface area contributed by atoms with Gasteiger partial charge >= 0.3 is 0 Å². The first-order valence-corrected chi connectivity index (χ1v) is 7.55. The van der Waals surface area contributed by atoms with E-state index in [9.17, 15) is 19.5 Å². The van der Waals surface area contributed by atoms with Crippen LogP contribution in [0, 0.1) is 0 Å². The number of nitrogens with one attached hydrogen (secondary N) is 2. The van der Waals surface area contributed by atoms with Crippen LogP contribution in [0.3, 0.4) is 0 Å². The Labute approximate surface area is 145 Å². The number of hydrogen-bond acceptors (Lipinski definition) is 4. The molecule has 0 unspecified atom stereocenters. The van der Waals surface area contributed by atoms with Crippen molar-refractivity contribution in [2.24, 2.45) is 7.05 Å². The molecule has 0 aliphatic heterocycles. The molecule has 124 valence electrons. The van der Waals surface area contributed by atoms with Gasteiger partial charge in [0.2, 0.25) is 5.91 Å². The summed E-state index contributed by atoms with van der Waals surface area (Å²) < 4.78 is 1.60. The lowest BCUT2D eigenvalue weighted by Gasteiger charge is -2.10. The van der Waals surface area contributed by atoms with Crippen LogP contribution in [0.15, 0.2) is 52.4 Å². The summed E-state index contributed by atoms with van der Waals surface area (Å²) in [6, 6.07) is 5.55. The van der Waals surface area contributed by atoms with Crippen molar-refractivity contribution in [2.45, 2.75) is 0 Å². The predicted molar refractivity (Wildman–Crippen MR) is 94.3 cm³/mol. The van der Waals surface area contributed by atoms with E-state index < -0.39 is 11.8 Å². The van der Waals surface area contributed by atoms with Crippen molar-refractivity contribution in [3.8, 4) is 5.75 Å². The fourth-order valence-electron chi connectivity index (χ4n) is 1.93. The third kappa shape index (κ3) is 3.90. The second kappa shape index (κ2) is 7.14. The Balaban J connectivity index is 2.29. The van der Waals surface area contributed by atoms with E-state index in [0.29, 0.717) is 15.8 Å². The van der Waals surface area contributed by atoms with Crippen molar-refractivity contribution >= 4 is 39.1 Å². The van der Waals surface area contributed by atoms with E-state index in [0.717, 1.165) is 6.08 Å². The minimum absolute atomic E-state index is 0.0261. The lowest BCUT2D eigenvalue weighted by molar-refractivity contribution is -0.111. The predicted octanol–water partition coefficient (Wildman–Crippen LogP) is 2.23. The molecule has 1 heterocycles. The van der Waals surface area contributed by atoms with Gasteiger partial charge in [-0.15, -0.1) is 0 Å². The van der Waals surface area contributed by atoms with Gasteiger partial charge in [-0.05, 0) is 46.3 Å². The number of rotatable bonds is 4. The minimum atomic E-state index is -0.590. The number of hydrogen-bond donors (Lipinski definition) is 3. The van der Waals surface area contributed by atoms with Crippen molar-refractivity contribution in [1.29, 1.82) is 0 Å². The standard InChI is InChI=1S/C16H14BrN3O4/c1-3-14(22)18-9-4-5-13(21)11(6-9)15(23)19-10-7-12(17)16(24)20(2)8-10/h3-8,21H,1H2,2H3,(H,18,22)(H,19,23). The van der Waals surface area contributed by atoms with Crippen molar-refractivity contribution in [1.82, 2.24) is 4.57 Å². The largest absolute Gasteiger partial charge is 0.507 e. The molecule has 0 aliphatic rings. The second-order valence-corrected chi connectivity index (χ2v) is 5.73. The zero-order valence-corrected chi connectivity index (χ0v) is 14.3. The van der Waals surface area contributed by atoms with Gasteiger partial charge < -0.3 is 20.3 Å². The monoisotopic (exact) mass is 391 g/mol. The number of carbonyl (C=O) groups excluding carboxylic acids is 2. The molecule has 0 bridgehead atoms. The van der Waals surface area contributed by atoms with Crippen LogP contribution >= 0.6 is 15.9 Å². The van der Waals surface area contributed by atoms with E-state index in [1.54, 1.807) is 7.05 Å². The van der Waals surface area contributed by atoms with E-state index in [1.807, 2.05) is 0 Å². The number of aromatic nitrogens is 1. The van der Waals surface area contributed by atoms with E-state index in [1.165, 1.54) is 35.0 Å². The Hall–Kier alpha value is -2.87. The molecule has 0 aliphatic carbocycles. The van der Waals surface area contributed by atoms with Crippen LogP contribution in [-0.4, -0.2) is 21.5 Å². The van der Waals surface area contributed by atoms with Crippen LogP contribution in [-0.2, 0) is 11.8 Å². The van der Waals surface area contributed by atoms with Gasteiger partial charge in [-0.25, -0.2) is 0 Å². The molecule has 0 fully saturated rings. The lowest BCUT2D eigenvalue weighted by Crippen LogP contribution is -2.19. The number of phenols is 1. The van der Waals surface area contributed by atoms with Crippen LogP contribution in [0.25, 0.3) is 0 Å². The summed E-state index contributed by atoms with van der Waals surface area (Å²) in [5, 5.41) is 15.0. The summed E-state index contributed by atoms with van der Waals surface area (Å²) in [6.07, 6.45) is 2.54. The number of halogens is 1. The maximum Gasteiger partial charge on any atom is 0.264 e. The van der Waals surface area contributed by atoms with Crippen LogP contribution < -0.4 is 16.2 Å². The highest BCUT2D eigenvalue weighted by molar-refractivity contribution is 9.10. The molecule has 24 heavy (non-hydrogen) atoms. The van der Waals surface area contributed by atoms with Crippen molar-refractivity contribution < 1.29 is 14.7 Å². The highest BCUT2D eigenvalue weighted by atomic mass is 79.9. The first-order chi connectivity index (χ1) is 11.3. The molecule has 7 nitrogen and oxygen atoms in total. The molecule has 0 atom stereocenters. The first-order valence-electron chi connectivity index (χ1n) is 6.75. The minimum Gasteiger partial charge on any atom is -0.507 e. The third-order valence-electron chi connectivity index (χ3n) is 3.09. The molecule has 1 aromatic carbocycles. The first kappa shape index (κ1) is 17.5. The van der Waals surface area contributed by atoms with Crippen molar-refractivity contribution in [2.75, 3.05) is 10.6 Å². The number of aryl methyl sites for hydroxylation is 1. The van der Waals surface area contributed by atoms with Gasteiger partial charge in [0.1, 0.15) is 5.75 Å². The number of anilines is 2. The van der Waals surface area contributed by atoms with Crippen LogP contribution in [0.1, 0.15) is 10.4 Å². The zero-order valence-electron chi connectivity index (χ0n) is 12.7. The summed E-state index contributed by atoms with van der Waals surface area (Å²) in [5.41, 5.74) is 0.435. The number of aromatic hydroxyl groups is 1. The molecular weight excluding hydrogens is 378 g/mol. The van der Waals surface area contributed by atoms with Crippen LogP contribution in [0.5, 0.6) is 5.75 Å². The number of pyridine rings is 1.